The van der Waals surface area contributed by atoms with Crippen molar-refractivity contribution in [2.45, 2.75) is 25.8 Å². The monoisotopic (exact) mass is 279 g/mol. The number of aliphatic hydroxyl groups is 1. The van der Waals surface area contributed by atoms with E-state index in [0.717, 1.165) is 6.54 Å². The molecule has 18 heavy (non-hydrogen) atoms. The number of likely N-dealkylation sites (N-methyl/N-ethyl adjacent to an activating group) is 1. The molecule has 0 aliphatic carbocycles. The Bertz CT molecular complexity index is 370. The van der Waals surface area contributed by atoms with Crippen molar-refractivity contribution < 1.29 is 13.5 Å². The normalized spacial score (nSPS) is 22.6. The van der Waals surface area contributed by atoms with E-state index in [-0.39, 0.29) is 12.1 Å². The average molecular weight is 279 g/mol. The van der Waals surface area contributed by atoms with Crippen LogP contribution in [0.1, 0.15) is 20.3 Å². The lowest BCUT2D eigenvalue weighted by molar-refractivity contribution is 0.0772. The summed E-state index contributed by atoms with van der Waals surface area (Å²) in [5.41, 5.74) is -0.150. The quantitative estimate of drug-likeness (QED) is 0.742. The van der Waals surface area contributed by atoms with Crippen LogP contribution >= 0.6 is 0 Å². The Labute approximate surface area is 110 Å². The third kappa shape index (κ3) is 3.42. The molecule has 1 N–H and O–H groups in total. The van der Waals surface area contributed by atoms with Gasteiger partial charge in [-0.25, -0.2) is 0 Å². The van der Waals surface area contributed by atoms with Gasteiger partial charge in [0.15, 0.2) is 0 Å². The molecule has 1 aliphatic rings. The Kier molecular flexibility index (Phi) is 5.13. The zero-order valence-electron chi connectivity index (χ0n) is 11.8. The molecule has 108 valence electrons. The van der Waals surface area contributed by atoms with Gasteiger partial charge in [-0.15, -0.1) is 0 Å². The van der Waals surface area contributed by atoms with Gasteiger partial charge in [0.2, 0.25) is 0 Å². The van der Waals surface area contributed by atoms with E-state index in [4.69, 9.17) is 5.11 Å². The van der Waals surface area contributed by atoms with Gasteiger partial charge in [-0.3, -0.25) is 4.90 Å². The van der Waals surface area contributed by atoms with Crippen molar-refractivity contribution in [3.63, 3.8) is 0 Å². The lowest BCUT2D eigenvalue weighted by Crippen LogP contribution is -2.60. The predicted octanol–water partition coefficient (Wildman–Crippen LogP) is -0.429. The molecule has 7 heteroatoms. The molecule has 0 aromatic rings. The minimum absolute atomic E-state index is 0.00803. The van der Waals surface area contributed by atoms with E-state index >= 15 is 0 Å². The molecule has 1 fully saturated rings. The average Bonchev–Trinajstić information content (AvgIpc) is 2.29. The van der Waals surface area contributed by atoms with Crippen molar-refractivity contribution in [1.82, 2.24) is 13.5 Å². The summed E-state index contributed by atoms with van der Waals surface area (Å²) in [5.74, 6) is 0. The van der Waals surface area contributed by atoms with Gasteiger partial charge >= 0.3 is 0 Å². The second kappa shape index (κ2) is 5.83. The van der Waals surface area contributed by atoms with Crippen molar-refractivity contribution in [2.75, 3.05) is 46.9 Å². The molecule has 0 aromatic carbocycles. The molecule has 0 atom stereocenters. The SMILES string of the molecule is CN1CCN(S(=O)(=O)N(C)CCCO)CC1(C)C. The van der Waals surface area contributed by atoms with E-state index in [0.29, 0.717) is 26.1 Å². The van der Waals surface area contributed by atoms with E-state index in [2.05, 4.69) is 4.90 Å². The van der Waals surface area contributed by atoms with Crippen LogP contribution in [0.3, 0.4) is 0 Å². The van der Waals surface area contributed by atoms with Gasteiger partial charge < -0.3 is 5.11 Å². The fraction of sp³-hybridized carbons (Fsp3) is 1.00. The van der Waals surface area contributed by atoms with Gasteiger partial charge in [0.05, 0.1) is 0 Å². The van der Waals surface area contributed by atoms with Gasteiger partial charge in [-0.05, 0) is 27.3 Å². The fourth-order valence-electron chi connectivity index (χ4n) is 2.00. The highest BCUT2D eigenvalue weighted by Gasteiger charge is 2.37. The zero-order chi connectivity index (χ0) is 14.0. The van der Waals surface area contributed by atoms with Crippen LogP contribution in [0.4, 0.5) is 0 Å². The Morgan fingerprint density at radius 1 is 1.33 bits per heavy atom. The number of rotatable bonds is 5. The Morgan fingerprint density at radius 3 is 2.44 bits per heavy atom. The van der Waals surface area contributed by atoms with E-state index < -0.39 is 10.2 Å². The third-order valence-electron chi connectivity index (χ3n) is 3.63. The molecule has 0 amide bonds. The minimum atomic E-state index is -3.40. The van der Waals surface area contributed by atoms with Crippen LogP contribution in [0.25, 0.3) is 0 Å². The first kappa shape index (κ1) is 15.8. The highest BCUT2D eigenvalue weighted by molar-refractivity contribution is 7.86. The Balaban J connectivity index is 2.74. The molecule has 0 spiro atoms. The number of hydrogen-bond acceptors (Lipinski definition) is 4. The molecule has 1 aliphatic heterocycles. The molecular formula is C11H25N3O3S. The maximum absolute atomic E-state index is 12.3. The van der Waals surface area contributed by atoms with Gasteiger partial charge in [0.1, 0.15) is 0 Å². The summed E-state index contributed by atoms with van der Waals surface area (Å²) in [6.07, 6.45) is 0.465. The Morgan fingerprint density at radius 2 is 1.94 bits per heavy atom. The highest BCUT2D eigenvalue weighted by atomic mass is 32.2. The molecule has 6 nitrogen and oxygen atoms in total. The smallest absolute Gasteiger partial charge is 0.281 e. The van der Waals surface area contributed by atoms with Crippen LogP contribution in [0.2, 0.25) is 0 Å². The fourth-order valence-corrected chi connectivity index (χ4v) is 3.54. The first-order chi connectivity index (χ1) is 8.21. The van der Waals surface area contributed by atoms with E-state index in [1.165, 1.54) is 8.61 Å². The summed E-state index contributed by atoms with van der Waals surface area (Å²) < 4.78 is 27.5. The van der Waals surface area contributed by atoms with Crippen molar-refractivity contribution in [3.8, 4) is 0 Å². The third-order valence-corrected chi connectivity index (χ3v) is 5.57. The summed E-state index contributed by atoms with van der Waals surface area (Å²) in [4.78, 5) is 2.17. The molecule has 0 aromatic heterocycles. The lowest BCUT2D eigenvalue weighted by atomic mass is 10.0. The largest absolute Gasteiger partial charge is 0.396 e. The second-order valence-electron chi connectivity index (χ2n) is 5.47. The highest BCUT2D eigenvalue weighted by Crippen LogP contribution is 2.22. The first-order valence-corrected chi connectivity index (χ1v) is 7.65. The van der Waals surface area contributed by atoms with Crippen LogP contribution in [0.5, 0.6) is 0 Å². The van der Waals surface area contributed by atoms with Gasteiger partial charge in [0, 0.05) is 45.4 Å². The topological polar surface area (TPSA) is 64.1 Å². The van der Waals surface area contributed by atoms with Crippen molar-refractivity contribution in [3.05, 3.63) is 0 Å². The molecule has 0 bridgehead atoms. The number of aliphatic hydroxyl groups excluding tert-OH is 1. The molecule has 0 saturated carbocycles. The zero-order valence-corrected chi connectivity index (χ0v) is 12.6. The maximum atomic E-state index is 12.3. The van der Waals surface area contributed by atoms with Crippen LogP contribution in [0, 0.1) is 0 Å². The minimum Gasteiger partial charge on any atom is -0.396 e. The van der Waals surface area contributed by atoms with Crippen molar-refractivity contribution >= 4 is 10.2 Å². The van der Waals surface area contributed by atoms with Crippen molar-refractivity contribution in [1.29, 1.82) is 0 Å². The molecule has 0 radical (unpaired) electrons. The molecular weight excluding hydrogens is 254 g/mol. The Hall–Kier alpha value is -0.210. The summed E-state index contributed by atoms with van der Waals surface area (Å²) in [7, 11) is 0.179. The summed E-state index contributed by atoms with van der Waals surface area (Å²) in [6.45, 7) is 6.20. The number of nitrogens with zero attached hydrogens (tertiary/aromatic N) is 3. The van der Waals surface area contributed by atoms with Crippen molar-refractivity contribution in [2.24, 2.45) is 0 Å². The van der Waals surface area contributed by atoms with Gasteiger partial charge in [-0.1, -0.05) is 0 Å². The summed E-state index contributed by atoms with van der Waals surface area (Å²) in [5, 5.41) is 8.77. The number of piperazine rings is 1. The standard InChI is InChI=1S/C11H25N3O3S/c1-11(2)10-14(8-7-12(11)3)18(16,17)13(4)6-5-9-15/h15H,5-10H2,1-4H3. The van der Waals surface area contributed by atoms with Crippen LogP contribution in [0.15, 0.2) is 0 Å². The lowest BCUT2D eigenvalue weighted by Gasteiger charge is -2.45. The van der Waals surface area contributed by atoms with Crippen LogP contribution in [-0.4, -0.2) is 79.5 Å². The van der Waals surface area contributed by atoms with Gasteiger partial charge in [0.25, 0.3) is 10.2 Å². The summed E-state index contributed by atoms with van der Waals surface area (Å²) >= 11 is 0. The van der Waals surface area contributed by atoms with Crippen LogP contribution < -0.4 is 0 Å². The van der Waals surface area contributed by atoms with E-state index in [1.807, 2.05) is 20.9 Å². The number of hydrogen-bond donors (Lipinski definition) is 1. The molecule has 1 rings (SSSR count). The van der Waals surface area contributed by atoms with E-state index in [1.54, 1.807) is 7.05 Å². The molecule has 1 heterocycles. The van der Waals surface area contributed by atoms with E-state index in [9.17, 15) is 8.42 Å². The summed E-state index contributed by atoms with van der Waals surface area (Å²) in [6, 6.07) is 0. The maximum Gasteiger partial charge on any atom is 0.281 e. The molecule has 1 saturated heterocycles. The van der Waals surface area contributed by atoms with Crippen LogP contribution in [-0.2, 0) is 10.2 Å². The first-order valence-electron chi connectivity index (χ1n) is 6.25. The predicted molar refractivity (Wildman–Crippen MR) is 71.5 cm³/mol. The second-order valence-corrected chi connectivity index (χ2v) is 7.51. The van der Waals surface area contributed by atoms with Gasteiger partial charge in [-0.2, -0.15) is 17.0 Å². The molecule has 0 unspecified atom stereocenters.